The van der Waals surface area contributed by atoms with E-state index in [1.165, 1.54) is 0 Å². The van der Waals surface area contributed by atoms with Crippen molar-refractivity contribution in [2.45, 2.75) is 11.8 Å². The third-order valence-corrected chi connectivity index (χ3v) is 6.91. The summed E-state index contributed by atoms with van der Waals surface area (Å²) in [6.45, 7) is 0. The van der Waals surface area contributed by atoms with Gasteiger partial charge in [-0.05, 0) is 46.5 Å². The zero-order valence-corrected chi connectivity index (χ0v) is 21.3. The number of carbonyl (C=O) groups excluding carboxylic acids is 2. The minimum Gasteiger partial charge on any atom is -0.493 e. The Kier molecular flexibility index (Phi) is 7.32. The summed E-state index contributed by atoms with van der Waals surface area (Å²) in [5, 5.41) is 0. The van der Waals surface area contributed by atoms with Crippen LogP contribution in [0.15, 0.2) is 115 Å². The standard InChI is InChI=1S/C34H28O4/c1-37-30-21-26-20-28(29(35)19-18-23-12-6-3-7-13-23)32(24-14-8-4-9-15-24)33(27(26)22-31(30)38-2)34(36)25-16-10-5-11-17-25/h3-22,32-33H,1-2H3/b19-18+/t32-,33-/m1/s1. The van der Waals surface area contributed by atoms with E-state index in [1.807, 2.05) is 115 Å². The molecule has 0 unspecified atom stereocenters. The van der Waals surface area contributed by atoms with Gasteiger partial charge in [0.25, 0.3) is 0 Å². The largest absolute Gasteiger partial charge is 0.493 e. The molecule has 0 aliphatic heterocycles. The third-order valence-electron chi connectivity index (χ3n) is 6.91. The van der Waals surface area contributed by atoms with Gasteiger partial charge in [0, 0.05) is 17.1 Å². The number of ketones is 2. The highest BCUT2D eigenvalue weighted by molar-refractivity contribution is 6.13. The number of ether oxygens (including phenoxy) is 2. The normalized spacial score (nSPS) is 16.4. The lowest BCUT2D eigenvalue weighted by molar-refractivity contribution is -0.111. The van der Waals surface area contributed by atoms with Gasteiger partial charge in [0.2, 0.25) is 0 Å². The second kappa shape index (κ2) is 11.1. The lowest BCUT2D eigenvalue weighted by atomic mass is 9.68. The summed E-state index contributed by atoms with van der Waals surface area (Å²) < 4.78 is 11.2. The summed E-state index contributed by atoms with van der Waals surface area (Å²) in [4.78, 5) is 28.0. The number of allylic oxidation sites excluding steroid dienone is 2. The Balaban J connectivity index is 1.72. The first-order chi connectivity index (χ1) is 18.6. The number of Topliss-reactive ketones (excluding diaryl/α,β-unsaturated/α-hetero) is 1. The fraction of sp³-hybridized carbons (Fsp3) is 0.118. The van der Waals surface area contributed by atoms with Gasteiger partial charge in [-0.25, -0.2) is 0 Å². The van der Waals surface area contributed by atoms with Crippen LogP contribution in [-0.4, -0.2) is 25.8 Å². The van der Waals surface area contributed by atoms with Crippen molar-refractivity contribution >= 4 is 23.7 Å². The number of carbonyl (C=O) groups is 2. The van der Waals surface area contributed by atoms with Crippen LogP contribution in [0.1, 0.15) is 44.4 Å². The quantitative estimate of drug-likeness (QED) is 0.191. The number of fused-ring (bicyclic) bond motifs is 1. The van der Waals surface area contributed by atoms with E-state index in [2.05, 4.69) is 0 Å². The summed E-state index contributed by atoms with van der Waals surface area (Å²) in [6, 6.07) is 32.4. The fourth-order valence-electron chi connectivity index (χ4n) is 5.08. The molecule has 188 valence electrons. The molecule has 0 saturated carbocycles. The number of methoxy groups -OCH3 is 2. The van der Waals surface area contributed by atoms with E-state index in [1.54, 1.807) is 20.3 Å². The van der Waals surface area contributed by atoms with Gasteiger partial charge in [-0.3, -0.25) is 9.59 Å². The molecule has 0 N–H and O–H groups in total. The highest BCUT2D eigenvalue weighted by Gasteiger charge is 2.40. The van der Waals surface area contributed by atoms with Gasteiger partial charge in [0.05, 0.1) is 20.1 Å². The van der Waals surface area contributed by atoms with Crippen molar-refractivity contribution in [1.82, 2.24) is 0 Å². The van der Waals surface area contributed by atoms with Crippen LogP contribution in [0, 0.1) is 0 Å². The van der Waals surface area contributed by atoms with Gasteiger partial charge < -0.3 is 9.47 Å². The number of benzene rings is 4. The summed E-state index contributed by atoms with van der Waals surface area (Å²) in [6.07, 6.45) is 5.29. The molecule has 0 heterocycles. The molecule has 4 nitrogen and oxygen atoms in total. The number of hydrogen-bond acceptors (Lipinski definition) is 4. The highest BCUT2D eigenvalue weighted by atomic mass is 16.5. The van der Waals surface area contributed by atoms with Crippen LogP contribution in [0.2, 0.25) is 0 Å². The molecule has 4 aromatic carbocycles. The Morgan fingerprint density at radius 2 is 1.32 bits per heavy atom. The van der Waals surface area contributed by atoms with Gasteiger partial charge in [-0.1, -0.05) is 97.1 Å². The van der Waals surface area contributed by atoms with Gasteiger partial charge in [0.15, 0.2) is 23.1 Å². The molecule has 1 aliphatic rings. The van der Waals surface area contributed by atoms with Gasteiger partial charge in [-0.15, -0.1) is 0 Å². The predicted molar refractivity (Wildman–Crippen MR) is 151 cm³/mol. The summed E-state index contributed by atoms with van der Waals surface area (Å²) in [5.41, 5.74) is 4.53. The van der Waals surface area contributed by atoms with Crippen molar-refractivity contribution in [3.8, 4) is 11.5 Å². The fourth-order valence-corrected chi connectivity index (χ4v) is 5.08. The van der Waals surface area contributed by atoms with Crippen molar-refractivity contribution in [1.29, 1.82) is 0 Å². The van der Waals surface area contributed by atoms with E-state index in [0.717, 1.165) is 22.3 Å². The summed E-state index contributed by atoms with van der Waals surface area (Å²) >= 11 is 0. The van der Waals surface area contributed by atoms with Crippen LogP contribution in [0.4, 0.5) is 0 Å². The van der Waals surface area contributed by atoms with Crippen molar-refractivity contribution in [3.63, 3.8) is 0 Å². The van der Waals surface area contributed by atoms with Crippen LogP contribution >= 0.6 is 0 Å². The maximum absolute atomic E-state index is 14.2. The van der Waals surface area contributed by atoms with Crippen molar-refractivity contribution in [2.75, 3.05) is 14.2 Å². The van der Waals surface area contributed by atoms with Crippen LogP contribution in [0.5, 0.6) is 11.5 Å². The van der Waals surface area contributed by atoms with Gasteiger partial charge in [0.1, 0.15) is 0 Å². The SMILES string of the molecule is COc1cc2c(cc1OC)[C@@H](C(=O)c1ccccc1)[C@H](c1ccccc1)C(C(=O)/C=C/c1ccccc1)=C2. The molecular weight excluding hydrogens is 472 g/mol. The summed E-state index contributed by atoms with van der Waals surface area (Å²) in [7, 11) is 3.15. The Bertz CT molecular complexity index is 1500. The Morgan fingerprint density at radius 1 is 0.737 bits per heavy atom. The molecule has 0 aromatic heterocycles. The molecule has 4 heteroatoms. The zero-order valence-electron chi connectivity index (χ0n) is 21.3. The lowest BCUT2D eigenvalue weighted by Crippen LogP contribution is -2.28. The van der Waals surface area contributed by atoms with Crippen LogP contribution in [-0.2, 0) is 4.79 Å². The predicted octanol–water partition coefficient (Wildman–Crippen LogP) is 7.13. The smallest absolute Gasteiger partial charge is 0.182 e. The van der Waals surface area contributed by atoms with Gasteiger partial charge >= 0.3 is 0 Å². The van der Waals surface area contributed by atoms with Crippen LogP contribution < -0.4 is 9.47 Å². The molecule has 0 bridgehead atoms. The average Bonchev–Trinajstić information content (AvgIpc) is 2.99. The zero-order chi connectivity index (χ0) is 26.5. The molecule has 0 amide bonds. The molecule has 0 radical (unpaired) electrons. The van der Waals surface area contributed by atoms with E-state index in [-0.39, 0.29) is 11.6 Å². The lowest BCUT2D eigenvalue weighted by Gasteiger charge is -2.34. The maximum Gasteiger partial charge on any atom is 0.182 e. The van der Waals surface area contributed by atoms with Crippen LogP contribution in [0.25, 0.3) is 12.2 Å². The second-order valence-electron chi connectivity index (χ2n) is 9.14. The van der Waals surface area contributed by atoms with E-state index >= 15 is 0 Å². The Morgan fingerprint density at radius 3 is 1.95 bits per heavy atom. The minimum atomic E-state index is -0.635. The second-order valence-corrected chi connectivity index (χ2v) is 9.14. The van der Waals surface area contributed by atoms with Crippen molar-refractivity contribution < 1.29 is 19.1 Å². The molecule has 0 fully saturated rings. The molecule has 0 spiro atoms. The molecule has 4 aromatic rings. The highest BCUT2D eigenvalue weighted by Crippen LogP contribution is 2.49. The minimum absolute atomic E-state index is 0.0571. The topological polar surface area (TPSA) is 52.6 Å². The molecule has 2 atom stereocenters. The van der Waals surface area contributed by atoms with Gasteiger partial charge in [-0.2, -0.15) is 0 Å². The molecule has 0 saturated heterocycles. The van der Waals surface area contributed by atoms with E-state index in [4.69, 9.17) is 9.47 Å². The Hall–Kier alpha value is -4.70. The first-order valence-electron chi connectivity index (χ1n) is 12.5. The number of hydrogen-bond donors (Lipinski definition) is 0. The summed E-state index contributed by atoms with van der Waals surface area (Å²) in [5.74, 6) is -0.243. The van der Waals surface area contributed by atoms with E-state index in [0.29, 0.717) is 22.6 Å². The molecule has 1 aliphatic carbocycles. The monoisotopic (exact) mass is 500 g/mol. The molecule has 38 heavy (non-hydrogen) atoms. The molecule has 5 rings (SSSR count). The van der Waals surface area contributed by atoms with Crippen LogP contribution in [0.3, 0.4) is 0 Å². The number of rotatable bonds is 8. The van der Waals surface area contributed by atoms with E-state index in [9.17, 15) is 9.59 Å². The first kappa shape index (κ1) is 25.0. The third kappa shape index (κ3) is 4.94. The maximum atomic E-state index is 14.2. The Labute approximate surface area is 222 Å². The van der Waals surface area contributed by atoms with E-state index < -0.39 is 11.8 Å². The average molecular weight is 501 g/mol. The van der Waals surface area contributed by atoms with Crippen molar-refractivity contribution in [3.05, 3.63) is 143 Å². The first-order valence-corrected chi connectivity index (χ1v) is 12.5. The molecular formula is C34H28O4. The van der Waals surface area contributed by atoms with Crippen molar-refractivity contribution in [2.24, 2.45) is 0 Å².